The summed E-state index contributed by atoms with van der Waals surface area (Å²) >= 11 is 0. The molecule has 3 rings (SSSR count). The Kier molecular flexibility index (Phi) is 6.72. The first-order valence-electron chi connectivity index (χ1n) is 6.74. The molecule has 6 heteroatoms. The predicted molar refractivity (Wildman–Crippen MR) is 83.7 cm³/mol. The normalized spacial score (nSPS) is 24.9. The molecular formula is C14H21Cl2N3O. The molecule has 1 amide bonds. The highest BCUT2D eigenvalue weighted by Gasteiger charge is 2.31. The van der Waals surface area contributed by atoms with Gasteiger partial charge in [0.2, 0.25) is 0 Å². The number of carbonyl (C=O) groups is 1. The van der Waals surface area contributed by atoms with Crippen molar-refractivity contribution in [2.24, 2.45) is 11.8 Å². The van der Waals surface area contributed by atoms with E-state index in [0.717, 1.165) is 50.9 Å². The quantitative estimate of drug-likeness (QED) is 0.861. The standard InChI is InChI=1S/C14H19N3O.2ClH/c18-14(13-2-1-5-15-10-13)17-6-3-11-8-16-9-12(11)4-7-17;;/h1-2,5,10-12,16H,3-4,6-9H2;2*1H/t11-,12+;;. The lowest BCUT2D eigenvalue weighted by atomic mass is 9.92. The molecule has 0 aromatic carbocycles. The number of carbonyl (C=O) groups excluding carboxylic acids is 1. The molecule has 2 aliphatic heterocycles. The lowest BCUT2D eigenvalue weighted by Crippen LogP contribution is -2.32. The Balaban J connectivity index is 0.000001000. The summed E-state index contributed by atoms with van der Waals surface area (Å²) in [5.74, 6) is 1.66. The van der Waals surface area contributed by atoms with Gasteiger partial charge >= 0.3 is 0 Å². The van der Waals surface area contributed by atoms with Crippen LogP contribution in [0.5, 0.6) is 0 Å². The SMILES string of the molecule is Cl.Cl.O=C(c1cccnc1)N1CC[C@@H]2CNC[C@@H]2CC1. The average Bonchev–Trinajstić information content (AvgIpc) is 2.78. The maximum atomic E-state index is 12.3. The lowest BCUT2D eigenvalue weighted by Gasteiger charge is -2.20. The molecule has 1 aromatic heterocycles. The third-order valence-electron chi connectivity index (χ3n) is 4.22. The second kappa shape index (κ2) is 7.81. The molecule has 4 nitrogen and oxygen atoms in total. The van der Waals surface area contributed by atoms with Gasteiger partial charge in [-0.05, 0) is 49.9 Å². The minimum atomic E-state index is 0. The third kappa shape index (κ3) is 3.62. The average molecular weight is 318 g/mol. The van der Waals surface area contributed by atoms with E-state index in [0.29, 0.717) is 5.56 Å². The molecule has 2 fully saturated rings. The molecule has 3 heterocycles. The fourth-order valence-corrected chi connectivity index (χ4v) is 3.09. The summed E-state index contributed by atoms with van der Waals surface area (Å²) in [6, 6.07) is 3.67. The fraction of sp³-hybridized carbons (Fsp3) is 0.571. The summed E-state index contributed by atoms with van der Waals surface area (Å²) in [4.78, 5) is 18.4. The smallest absolute Gasteiger partial charge is 0.255 e. The van der Waals surface area contributed by atoms with Gasteiger partial charge in [-0.25, -0.2) is 0 Å². The van der Waals surface area contributed by atoms with Crippen LogP contribution in [-0.2, 0) is 0 Å². The van der Waals surface area contributed by atoms with Crippen LogP contribution in [0.3, 0.4) is 0 Å². The first-order valence-corrected chi connectivity index (χ1v) is 6.74. The highest BCUT2D eigenvalue weighted by atomic mass is 35.5. The van der Waals surface area contributed by atoms with Crippen molar-refractivity contribution in [1.82, 2.24) is 15.2 Å². The summed E-state index contributed by atoms with van der Waals surface area (Å²) in [7, 11) is 0. The molecule has 0 unspecified atom stereocenters. The molecular weight excluding hydrogens is 297 g/mol. The minimum absolute atomic E-state index is 0. The third-order valence-corrected chi connectivity index (χ3v) is 4.22. The number of hydrogen-bond acceptors (Lipinski definition) is 3. The summed E-state index contributed by atoms with van der Waals surface area (Å²) in [5.41, 5.74) is 0.711. The van der Waals surface area contributed by atoms with Gasteiger partial charge in [0.05, 0.1) is 5.56 Å². The van der Waals surface area contributed by atoms with E-state index in [1.165, 1.54) is 0 Å². The van der Waals surface area contributed by atoms with Crippen LogP contribution >= 0.6 is 24.8 Å². The van der Waals surface area contributed by atoms with Gasteiger partial charge in [0.15, 0.2) is 0 Å². The number of hydrogen-bond donors (Lipinski definition) is 1. The summed E-state index contributed by atoms with van der Waals surface area (Å²) < 4.78 is 0. The van der Waals surface area contributed by atoms with Crippen LogP contribution in [0.1, 0.15) is 23.2 Å². The highest BCUT2D eigenvalue weighted by Crippen LogP contribution is 2.27. The molecule has 112 valence electrons. The van der Waals surface area contributed by atoms with E-state index in [4.69, 9.17) is 0 Å². The van der Waals surface area contributed by atoms with Crippen molar-refractivity contribution in [3.8, 4) is 0 Å². The molecule has 0 saturated carbocycles. The van der Waals surface area contributed by atoms with Crippen molar-refractivity contribution >= 4 is 30.7 Å². The number of likely N-dealkylation sites (tertiary alicyclic amines) is 1. The van der Waals surface area contributed by atoms with E-state index in [9.17, 15) is 4.79 Å². The Bertz CT molecular complexity index is 416. The maximum Gasteiger partial charge on any atom is 0.255 e. The zero-order valence-electron chi connectivity index (χ0n) is 11.3. The van der Waals surface area contributed by atoms with Crippen molar-refractivity contribution in [2.45, 2.75) is 12.8 Å². The molecule has 0 spiro atoms. The maximum absolute atomic E-state index is 12.3. The van der Waals surface area contributed by atoms with Crippen LogP contribution in [0, 0.1) is 11.8 Å². The van der Waals surface area contributed by atoms with Gasteiger partial charge in [0.1, 0.15) is 0 Å². The molecule has 0 aliphatic carbocycles. The van der Waals surface area contributed by atoms with E-state index in [1.54, 1.807) is 12.4 Å². The molecule has 0 bridgehead atoms. The summed E-state index contributed by atoms with van der Waals surface area (Å²) in [5, 5.41) is 3.45. The summed E-state index contributed by atoms with van der Waals surface area (Å²) in [6.45, 7) is 4.02. The van der Waals surface area contributed by atoms with E-state index < -0.39 is 0 Å². The van der Waals surface area contributed by atoms with Gasteiger partial charge < -0.3 is 10.2 Å². The Morgan fingerprint density at radius 2 is 1.85 bits per heavy atom. The number of fused-ring (bicyclic) bond motifs is 1. The molecule has 1 aromatic rings. The second-order valence-electron chi connectivity index (χ2n) is 5.29. The van der Waals surface area contributed by atoms with Crippen molar-refractivity contribution in [3.05, 3.63) is 30.1 Å². The number of aromatic nitrogens is 1. The van der Waals surface area contributed by atoms with Crippen LogP contribution in [0.4, 0.5) is 0 Å². The van der Waals surface area contributed by atoms with Crippen molar-refractivity contribution in [1.29, 1.82) is 0 Å². The van der Waals surface area contributed by atoms with Gasteiger partial charge in [0, 0.05) is 25.5 Å². The van der Waals surface area contributed by atoms with Gasteiger partial charge in [-0.2, -0.15) is 0 Å². The molecule has 20 heavy (non-hydrogen) atoms. The van der Waals surface area contributed by atoms with E-state index >= 15 is 0 Å². The van der Waals surface area contributed by atoms with Crippen LogP contribution in [0.2, 0.25) is 0 Å². The van der Waals surface area contributed by atoms with E-state index in [1.807, 2.05) is 17.0 Å². The first-order chi connectivity index (χ1) is 8.84. The number of halogens is 2. The Labute approximate surface area is 132 Å². The largest absolute Gasteiger partial charge is 0.339 e. The summed E-state index contributed by atoms with van der Waals surface area (Å²) in [6.07, 6.45) is 5.62. The number of rotatable bonds is 1. The number of amides is 1. The molecule has 2 saturated heterocycles. The monoisotopic (exact) mass is 317 g/mol. The van der Waals surface area contributed by atoms with Crippen LogP contribution in [-0.4, -0.2) is 42.0 Å². The molecule has 2 aliphatic rings. The Morgan fingerprint density at radius 3 is 2.40 bits per heavy atom. The zero-order valence-corrected chi connectivity index (χ0v) is 13.0. The Morgan fingerprint density at radius 1 is 1.20 bits per heavy atom. The molecule has 2 atom stereocenters. The van der Waals surface area contributed by atoms with Gasteiger partial charge in [-0.3, -0.25) is 9.78 Å². The Hall–Kier alpha value is -0.840. The van der Waals surface area contributed by atoms with Crippen LogP contribution in [0.15, 0.2) is 24.5 Å². The lowest BCUT2D eigenvalue weighted by molar-refractivity contribution is 0.0758. The van der Waals surface area contributed by atoms with Gasteiger partial charge in [-0.15, -0.1) is 24.8 Å². The van der Waals surface area contributed by atoms with Crippen molar-refractivity contribution in [2.75, 3.05) is 26.2 Å². The highest BCUT2D eigenvalue weighted by molar-refractivity contribution is 5.93. The topological polar surface area (TPSA) is 45.2 Å². The second-order valence-corrected chi connectivity index (χ2v) is 5.29. The molecule has 1 N–H and O–H groups in total. The van der Waals surface area contributed by atoms with E-state index in [2.05, 4.69) is 10.3 Å². The van der Waals surface area contributed by atoms with Crippen LogP contribution in [0.25, 0.3) is 0 Å². The minimum Gasteiger partial charge on any atom is -0.339 e. The fourth-order valence-electron chi connectivity index (χ4n) is 3.09. The van der Waals surface area contributed by atoms with Gasteiger partial charge in [-0.1, -0.05) is 0 Å². The van der Waals surface area contributed by atoms with Crippen molar-refractivity contribution in [3.63, 3.8) is 0 Å². The number of nitrogens with zero attached hydrogens (tertiary/aromatic N) is 2. The predicted octanol–water partition coefficient (Wildman–Crippen LogP) is 2.00. The first kappa shape index (κ1) is 17.2. The zero-order chi connectivity index (χ0) is 12.4. The molecule has 0 radical (unpaired) electrons. The van der Waals surface area contributed by atoms with Gasteiger partial charge in [0.25, 0.3) is 5.91 Å². The number of pyridine rings is 1. The number of nitrogens with one attached hydrogen (secondary N) is 1. The van der Waals surface area contributed by atoms with Crippen LogP contribution < -0.4 is 5.32 Å². The van der Waals surface area contributed by atoms with Crippen molar-refractivity contribution < 1.29 is 4.79 Å². The van der Waals surface area contributed by atoms with E-state index in [-0.39, 0.29) is 30.7 Å².